The van der Waals surface area contributed by atoms with E-state index in [1.165, 1.54) is 12.8 Å². The Morgan fingerprint density at radius 3 is 2.62 bits per heavy atom. The molecule has 2 heterocycles. The molecule has 1 aliphatic rings. The summed E-state index contributed by atoms with van der Waals surface area (Å²) in [5.74, 6) is 1.59. The lowest BCUT2D eigenvalue weighted by Crippen LogP contribution is -2.20. The molecule has 1 aliphatic heterocycles. The molecule has 0 saturated carbocycles. The summed E-state index contributed by atoms with van der Waals surface area (Å²) in [6, 6.07) is 13.2. The first-order chi connectivity index (χ1) is 15.5. The Kier molecular flexibility index (Phi) is 6.75. The molecule has 4 rings (SSSR count). The number of carbonyl (C=O) groups is 1. The second-order valence-electron chi connectivity index (χ2n) is 8.05. The van der Waals surface area contributed by atoms with Crippen LogP contribution in [-0.2, 0) is 13.2 Å². The highest BCUT2D eigenvalue weighted by molar-refractivity contribution is 6.05. The predicted molar refractivity (Wildman–Crippen MR) is 122 cm³/mol. The quantitative estimate of drug-likeness (QED) is 0.551. The zero-order valence-electron chi connectivity index (χ0n) is 18.8. The molecule has 32 heavy (non-hydrogen) atoms. The van der Waals surface area contributed by atoms with E-state index in [2.05, 4.69) is 21.4 Å². The van der Waals surface area contributed by atoms with Crippen LogP contribution in [0.3, 0.4) is 0 Å². The highest BCUT2D eigenvalue weighted by atomic mass is 16.5. The summed E-state index contributed by atoms with van der Waals surface area (Å²) in [6.45, 7) is 7.09. The number of anilines is 1. The summed E-state index contributed by atoms with van der Waals surface area (Å²) < 4.78 is 16.6. The Labute approximate surface area is 188 Å². The number of nitrogens with one attached hydrogen (secondary N) is 1. The Bertz CT molecular complexity index is 1070. The van der Waals surface area contributed by atoms with Gasteiger partial charge in [0, 0.05) is 17.8 Å². The summed E-state index contributed by atoms with van der Waals surface area (Å²) in [5, 5.41) is 7.00. The standard InChI is InChI=1S/C25H29N3O4/c1-17-21(18(2)32-27-17)16-31-23-11-10-19(14-24(23)30-3)25(29)26-22-9-5-4-8-20(22)15-28-12-6-7-13-28/h4-5,8-11,14H,6-7,12-13,15-16H2,1-3H3,(H,26,29). The largest absolute Gasteiger partial charge is 0.493 e. The highest BCUT2D eigenvalue weighted by Gasteiger charge is 2.17. The Morgan fingerprint density at radius 2 is 1.91 bits per heavy atom. The van der Waals surface area contributed by atoms with E-state index in [0.717, 1.165) is 47.9 Å². The number of likely N-dealkylation sites (tertiary alicyclic amines) is 1. The molecule has 7 nitrogen and oxygen atoms in total. The van der Waals surface area contributed by atoms with Crippen LogP contribution in [0.15, 0.2) is 47.0 Å². The van der Waals surface area contributed by atoms with Gasteiger partial charge in [-0.05, 0) is 69.6 Å². The number of hydrogen-bond acceptors (Lipinski definition) is 6. The predicted octanol–water partition coefficient (Wildman–Crippen LogP) is 4.73. The van der Waals surface area contributed by atoms with Gasteiger partial charge in [0.15, 0.2) is 11.5 Å². The van der Waals surface area contributed by atoms with Crippen LogP contribution in [0.1, 0.15) is 45.8 Å². The zero-order valence-corrected chi connectivity index (χ0v) is 18.8. The molecule has 1 saturated heterocycles. The molecule has 7 heteroatoms. The Morgan fingerprint density at radius 1 is 1.12 bits per heavy atom. The summed E-state index contributed by atoms with van der Waals surface area (Å²) >= 11 is 0. The maximum Gasteiger partial charge on any atom is 0.255 e. The monoisotopic (exact) mass is 435 g/mol. The Balaban J connectivity index is 1.46. The maximum absolute atomic E-state index is 13.0. The molecule has 2 aromatic carbocycles. The lowest BCUT2D eigenvalue weighted by atomic mass is 10.1. The number of benzene rings is 2. The smallest absolute Gasteiger partial charge is 0.255 e. The van der Waals surface area contributed by atoms with E-state index >= 15 is 0 Å². The molecule has 0 radical (unpaired) electrons. The summed E-state index contributed by atoms with van der Waals surface area (Å²) in [6.07, 6.45) is 2.47. The van der Waals surface area contributed by atoms with Crippen molar-refractivity contribution in [2.24, 2.45) is 0 Å². The van der Waals surface area contributed by atoms with Gasteiger partial charge in [-0.25, -0.2) is 0 Å². The number of rotatable bonds is 8. The van der Waals surface area contributed by atoms with Gasteiger partial charge in [-0.15, -0.1) is 0 Å². The Hall–Kier alpha value is -3.32. The number of aryl methyl sites for hydroxylation is 2. The fraction of sp³-hybridized carbons (Fsp3) is 0.360. The number of para-hydroxylation sites is 1. The zero-order chi connectivity index (χ0) is 22.5. The van der Waals surface area contributed by atoms with Crippen molar-refractivity contribution >= 4 is 11.6 Å². The van der Waals surface area contributed by atoms with E-state index in [0.29, 0.717) is 23.7 Å². The SMILES string of the molecule is COc1cc(C(=O)Nc2ccccc2CN2CCCC2)ccc1OCc1c(C)noc1C. The molecule has 0 spiro atoms. The third-order valence-electron chi connectivity index (χ3n) is 5.84. The molecule has 1 N–H and O–H groups in total. The van der Waals surface area contributed by atoms with Crippen molar-refractivity contribution in [2.75, 3.05) is 25.5 Å². The van der Waals surface area contributed by atoms with Crippen LogP contribution in [0.25, 0.3) is 0 Å². The summed E-state index contributed by atoms with van der Waals surface area (Å²) in [7, 11) is 1.56. The lowest BCUT2D eigenvalue weighted by molar-refractivity contribution is 0.102. The summed E-state index contributed by atoms with van der Waals surface area (Å²) in [5.41, 5.74) is 4.16. The minimum Gasteiger partial charge on any atom is -0.493 e. The molecular weight excluding hydrogens is 406 g/mol. The first-order valence-electron chi connectivity index (χ1n) is 10.9. The molecular formula is C25H29N3O4. The van der Waals surface area contributed by atoms with Crippen LogP contribution in [0.4, 0.5) is 5.69 Å². The lowest BCUT2D eigenvalue weighted by Gasteiger charge is -2.18. The first-order valence-corrected chi connectivity index (χ1v) is 10.9. The summed E-state index contributed by atoms with van der Waals surface area (Å²) in [4.78, 5) is 15.4. The van der Waals surface area contributed by atoms with E-state index in [4.69, 9.17) is 14.0 Å². The van der Waals surface area contributed by atoms with Gasteiger partial charge in [-0.1, -0.05) is 23.4 Å². The van der Waals surface area contributed by atoms with Crippen molar-refractivity contribution < 1.29 is 18.8 Å². The molecule has 0 unspecified atom stereocenters. The number of amides is 1. The third kappa shape index (κ3) is 4.94. The highest BCUT2D eigenvalue weighted by Crippen LogP contribution is 2.30. The van der Waals surface area contributed by atoms with Crippen molar-refractivity contribution in [1.82, 2.24) is 10.1 Å². The van der Waals surface area contributed by atoms with Crippen molar-refractivity contribution in [2.45, 2.75) is 39.8 Å². The minimum atomic E-state index is -0.186. The molecule has 1 fully saturated rings. The second kappa shape index (κ2) is 9.87. The number of methoxy groups -OCH3 is 1. The molecule has 1 aromatic heterocycles. The van der Waals surface area contributed by atoms with Gasteiger partial charge in [0.1, 0.15) is 12.4 Å². The van der Waals surface area contributed by atoms with E-state index < -0.39 is 0 Å². The minimum absolute atomic E-state index is 0.186. The van der Waals surface area contributed by atoms with Crippen LogP contribution in [0.2, 0.25) is 0 Å². The van der Waals surface area contributed by atoms with Gasteiger partial charge in [0.25, 0.3) is 5.91 Å². The first kappa shape index (κ1) is 21.9. The van der Waals surface area contributed by atoms with Crippen LogP contribution >= 0.6 is 0 Å². The number of aromatic nitrogens is 1. The number of ether oxygens (including phenoxy) is 2. The van der Waals surface area contributed by atoms with Crippen molar-refractivity contribution in [3.63, 3.8) is 0 Å². The normalized spacial score (nSPS) is 13.8. The van der Waals surface area contributed by atoms with Crippen molar-refractivity contribution in [3.05, 3.63) is 70.6 Å². The molecule has 168 valence electrons. The number of nitrogens with zero attached hydrogens (tertiary/aromatic N) is 2. The van der Waals surface area contributed by atoms with Gasteiger partial charge in [0.2, 0.25) is 0 Å². The number of hydrogen-bond donors (Lipinski definition) is 1. The van der Waals surface area contributed by atoms with E-state index in [-0.39, 0.29) is 5.91 Å². The molecule has 3 aromatic rings. The van der Waals surface area contributed by atoms with Crippen LogP contribution in [0.5, 0.6) is 11.5 Å². The third-order valence-corrected chi connectivity index (χ3v) is 5.84. The fourth-order valence-corrected chi connectivity index (χ4v) is 3.94. The van der Waals surface area contributed by atoms with Gasteiger partial charge in [-0.2, -0.15) is 0 Å². The van der Waals surface area contributed by atoms with Crippen LogP contribution < -0.4 is 14.8 Å². The molecule has 0 aliphatic carbocycles. The van der Waals surface area contributed by atoms with E-state index in [9.17, 15) is 4.79 Å². The van der Waals surface area contributed by atoms with Crippen LogP contribution in [-0.4, -0.2) is 36.2 Å². The van der Waals surface area contributed by atoms with E-state index in [1.54, 1.807) is 25.3 Å². The second-order valence-corrected chi connectivity index (χ2v) is 8.05. The fourth-order valence-electron chi connectivity index (χ4n) is 3.94. The maximum atomic E-state index is 13.0. The molecule has 1 amide bonds. The van der Waals surface area contributed by atoms with Crippen molar-refractivity contribution in [1.29, 1.82) is 0 Å². The molecule has 0 atom stereocenters. The van der Waals surface area contributed by atoms with Gasteiger partial charge >= 0.3 is 0 Å². The van der Waals surface area contributed by atoms with Gasteiger partial charge in [-0.3, -0.25) is 9.69 Å². The van der Waals surface area contributed by atoms with Crippen molar-refractivity contribution in [3.8, 4) is 11.5 Å². The molecule has 0 bridgehead atoms. The van der Waals surface area contributed by atoms with Crippen LogP contribution in [0, 0.1) is 13.8 Å². The average molecular weight is 436 g/mol. The average Bonchev–Trinajstić information content (AvgIpc) is 3.43. The number of carbonyl (C=O) groups excluding carboxylic acids is 1. The topological polar surface area (TPSA) is 76.8 Å². The van der Waals surface area contributed by atoms with E-state index in [1.807, 2.05) is 32.0 Å². The van der Waals surface area contributed by atoms with Gasteiger partial charge < -0.3 is 19.3 Å². The van der Waals surface area contributed by atoms with Gasteiger partial charge in [0.05, 0.1) is 18.4 Å².